The highest BCUT2D eigenvalue weighted by Gasteiger charge is 2.09. The van der Waals surface area contributed by atoms with Crippen molar-refractivity contribution in [2.24, 2.45) is 0 Å². The molecule has 0 radical (unpaired) electrons. The highest BCUT2D eigenvalue weighted by atomic mass is 35.5. The second kappa shape index (κ2) is 5.74. The summed E-state index contributed by atoms with van der Waals surface area (Å²) in [6.45, 7) is 3.76. The van der Waals surface area contributed by atoms with Gasteiger partial charge in [0.25, 0.3) is 0 Å². The second-order valence-electron chi connectivity index (χ2n) is 4.07. The minimum Gasteiger partial charge on any atom is -0.397 e. The molecule has 0 amide bonds. The molecule has 0 unspecified atom stereocenters. The summed E-state index contributed by atoms with van der Waals surface area (Å²) in [5, 5.41) is 0.701. The number of anilines is 2. The number of hydrogen-bond donors (Lipinski definition) is 1. The van der Waals surface area contributed by atoms with E-state index in [1.165, 1.54) is 5.56 Å². The van der Waals surface area contributed by atoms with Crippen molar-refractivity contribution >= 4 is 23.0 Å². The molecule has 3 nitrogen and oxygen atoms in total. The number of benzene rings is 1. The van der Waals surface area contributed by atoms with Gasteiger partial charge in [0.2, 0.25) is 0 Å². The Balaban J connectivity index is 2.26. The lowest BCUT2D eigenvalue weighted by atomic mass is 10.2. The monoisotopic (exact) mass is 261 g/mol. The van der Waals surface area contributed by atoms with Gasteiger partial charge in [0, 0.05) is 30.5 Å². The number of halogens is 1. The van der Waals surface area contributed by atoms with Crippen LogP contribution in [0.4, 0.5) is 11.4 Å². The van der Waals surface area contributed by atoms with Gasteiger partial charge in [-0.3, -0.25) is 4.98 Å². The zero-order valence-corrected chi connectivity index (χ0v) is 11.1. The van der Waals surface area contributed by atoms with E-state index in [-0.39, 0.29) is 0 Å². The van der Waals surface area contributed by atoms with Crippen molar-refractivity contribution in [3.63, 3.8) is 0 Å². The first kappa shape index (κ1) is 12.7. The van der Waals surface area contributed by atoms with E-state index < -0.39 is 0 Å². The lowest BCUT2D eigenvalue weighted by molar-refractivity contribution is 0.832. The molecule has 0 saturated heterocycles. The maximum atomic E-state index is 6.03. The fraction of sp³-hybridized carbons (Fsp3) is 0.214. The zero-order valence-electron chi connectivity index (χ0n) is 10.3. The minimum absolute atomic E-state index is 0.701. The molecule has 2 aromatic rings. The molecule has 0 saturated carbocycles. The summed E-state index contributed by atoms with van der Waals surface area (Å²) in [7, 11) is 0. The van der Waals surface area contributed by atoms with Gasteiger partial charge in [-0.1, -0.05) is 11.6 Å². The lowest BCUT2D eigenvalue weighted by Crippen LogP contribution is -2.23. The molecule has 4 heteroatoms. The molecule has 0 fully saturated rings. The van der Waals surface area contributed by atoms with Crippen molar-refractivity contribution in [1.82, 2.24) is 4.98 Å². The van der Waals surface area contributed by atoms with Gasteiger partial charge in [-0.15, -0.1) is 0 Å². The van der Waals surface area contributed by atoms with E-state index >= 15 is 0 Å². The van der Waals surface area contributed by atoms with E-state index in [1.54, 1.807) is 18.5 Å². The number of pyridine rings is 1. The Hall–Kier alpha value is -1.74. The summed E-state index contributed by atoms with van der Waals surface area (Å²) in [6, 6.07) is 9.56. The van der Waals surface area contributed by atoms with E-state index in [4.69, 9.17) is 17.3 Å². The smallest absolute Gasteiger partial charge is 0.0617 e. The number of nitrogens with zero attached hydrogens (tertiary/aromatic N) is 2. The number of rotatable bonds is 4. The Kier molecular flexibility index (Phi) is 4.05. The molecule has 94 valence electrons. The van der Waals surface area contributed by atoms with Crippen molar-refractivity contribution in [3.05, 3.63) is 53.3 Å². The van der Waals surface area contributed by atoms with Gasteiger partial charge in [0.15, 0.2) is 0 Å². The fourth-order valence-corrected chi connectivity index (χ4v) is 2.03. The molecule has 0 aliphatic carbocycles. The average molecular weight is 262 g/mol. The van der Waals surface area contributed by atoms with Gasteiger partial charge in [-0.25, -0.2) is 0 Å². The zero-order chi connectivity index (χ0) is 13.0. The molecule has 0 atom stereocenters. The largest absolute Gasteiger partial charge is 0.397 e. The van der Waals surface area contributed by atoms with Gasteiger partial charge >= 0.3 is 0 Å². The minimum atomic E-state index is 0.701. The van der Waals surface area contributed by atoms with Crippen LogP contribution in [-0.4, -0.2) is 11.5 Å². The van der Waals surface area contributed by atoms with Crippen LogP contribution in [0.3, 0.4) is 0 Å². The van der Waals surface area contributed by atoms with Crippen LogP contribution in [0.5, 0.6) is 0 Å². The fourth-order valence-electron chi connectivity index (χ4n) is 1.87. The van der Waals surface area contributed by atoms with Crippen LogP contribution in [0.15, 0.2) is 42.7 Å². The molecule has 1 aromatic heterocycles. The van der Waals surface area contributed by atoms with Crippen LogP contribution < -0.4 is 10.6 Å². The van der Waals surface area contributed by atoms with E-state index in [0.29, 0.717) is 5.02 Å². The van der Waals surface area contributed by atoms with Crippen molar-refractivity contribution < 1.29 is 0 Å². The maximum Gasteiger partial charge on any atom is 0.0617 e. The number of nitrogens with two attached hydrogens (primary N) is 1. The molecule has 1 aromatic carbocycles. The average Bonchev–Trinajstić information content (AvgIpc) is 2.40. The summed E-state index contributed by atoms with van der Waals surface area (Å²) >= 11 is 6.03. The second-order valence-corrected chi connectivity index (χ2v) is 4.51. The van der Waals surface area contributed by atoms with Crippen molar-refractivity contribution in [2.45, 2.75) is 13.5 Å². The highest BCUT2D eigenvalue weighted by molar-refractivity contribution is 6.31. The van der Waals surface area contributed by atoms with E-state index in [0.717, 1.165) is 24.5 Å². The molecule has 1 heterocycles. The standard InChI is InChI=1S/C14H16ClN3/c1-2-18(10-11-5-7-17-8-6-11)14-9-12(15)3-4-13(14)16/h3-9H,2,10,16H2,1H3. The third-order valence-electron chi connectivity index (χ3n) is 2.84. The molecule has 2 N–H and O–H groups in total. The van der Waals surface area contributed by atoms with Crippen LogP contribution in [0.1, 0.15) is 12.5 Å². The number of hydrogen-bond acceptors (Lipinski definition) is 3. The van der Waals surface area contributed by atoms with Crippen LogP contribution >= 0.6 is 11.6 Å². The van der Waals surface area contributed by atoms with Crippen LogP contribution in [0, 0.1) is 0 Å². The van der Waals surface area contributed by atoms with E-state index in [1.807, 2.05) is 24.3 Å². The van der Waals surface area contributed by atoms with Gasteiger partial charge in [-0.2, -0.15) is 0 Å². The van der Waals surface area contributed by atoms with Crippen LogP contribution in [-0.2, 0) is 6.54 Å². The first-order valence-electron chi connectivity index (χ1n) is 5.89. The molecule has 2 rings (SSSR count). The Labute approximate surface area is 112 Å². The highest BCUT2D eigenvalue weighted by Crippen LogP contribution is 2.27. The number of nitrogen functional groups attached to an aromatic ring is 1. The molecule has 0 aliphatic heterocycles. The van der Waals surface area contributed by atoms with Gasteiger partial charge in [0.1, 0.15) is 0 Å². The first-order valence-corrected chi connectivity index (χ1v) is 6.27. The normalized spacial score (nSPS) is 10.3. The van der Waals surface area contributed by atoms with Gasteiger partial charge < -0.3 is 10.6 Å². The number of aromatic nitrogens is 1. The van der Waals surface area contributed by atoms with Gasteiger partial charge in [-0.05, 0) is 42.8 Å². The molecular weight excluding hydrogens is 246 g/mol. The Bertz CT molecular complexity index is 514. The third kappa shape index (κ3) is 2.93. The van der Waals surface area contributed by atoms with Crippen molar-refractivity contribution in [2.75, 3.05) is 17.2 Å². The van der Waals surface area contributed by atoms with Crippen molar-refractivity contribution in [3.8, 4) is 0 Å². The Morgan fingerprint density at radius 3 is 2.61 bits per heavy atom. The summed E-state index contributed by atoms with van der Waals surface area (Å²) in [4.78, 5) is 6.21. The Morgan fingerprint density at radius 1 is 1.22 bits per heavy atom. The predicted octanol–water partition coefficient (Wildman–Crippen LogP) is 3.34. The topological polar surface area (TPSA) is 42.2 Å². The first-order chi connectivity index (χ1) is 8.70. The summed E-state index contributed by atoms with van der Waals surface area (Å²) in [5.74, 6) is 0. The van der Waals surface area contributed by atoms with Crippen molar-refractivity contribution in [1.29, 1.82) is 0 Å². The SMILES string of the molecule is CCN(Cc1ccncc1)c1cc(Cl)ccc1N. The molecule has 18 heavy (non-hydrogen) atoms. The maximum absolute atomic E-state index is 6.03. The predicted molar refractivity (Wildman–Crippen MR) is 76.8 cm³/mol. The quantitative estimate of drug-likeness (QED) is 0.859. The van der Waals surface area contributed by atoms with Gasteiger partial charge in [0.05, 0.1) is 11.4 Å². The summed E-state index contributed by atoms with van der Waals surface area (Å²) < 4.78 is 0. The molecule has 0 aliphatic rings. The van der Waals surface area contributed by atoms with E-state index in [9.17, 15) is 0 Å². The molecular formula is C14H16ClN3. The summed E-state index contributed by atoms with van der Waals surface area (Å²) in [5.41, 5.74) is 8.93. The van der Waals surface area contributed by atoms with Crippen LogP contribution in [0.2, 0.25) is 5.02 Å². The van der Waals surface area contributed by atoms with E-state index in [2.05, 4.69) is 16.8 Å². The Morgan fingerprint density at radius 2 is 1.94 bits per heavy atom. The third-order valence-corrected chi connectivity index (χ3v) is 3.07. The molecule has 0 spiro atoms. The lowest BCUT2D eigenvalue weighted by Gasteiger charge is -2.24. The van der Waals surface area contributed by atoms with Crippen LogP contribution in [0.25, 0.3) is 0 Å². The molecule has 0 bridgehead atoms. The summed E-state index contributed by atoms with van der Waals surface area (Å²) in [6.07, 6.45) is 3.59.